The van der Waals surface area contributed by atoms with Crippen LogP contribution in [0.4, 0.5) is 4.79 Å². The van der Waals surface area contributed by atoms with Crippen LogP contribution in [-0.4, -0.2) is 32.1 Å². The van der Waals surface area contributed by atoms with Gasteiger partial charge in [-0.05, 0) is 87.7 Å². The molecule has 174 valence electrons. The van der Waals surface area contributed by atoms with Crippen LogP contribution in [0.3, 0.4) is 0 Å². The van der Waals surface area contributed by atoms with Gasteiger partial charge in [-0.1, -0.05) is 36.4 Å². The number of thiophene rings is 1. The van der Waals surface area contributed by atoms with Crippen LogP contribution in [-0.2, 0) is 17.6 Å². The molecule has 3 N–H and O–H groups in total. The lowest BCUT2D eigenvalue weighted by molar-refractivity contribution is -0.122. The van der Waals surface area contributed by atoms with E-state index in [1.807, 2.05) is 0 Å². The quantitative estimate of drug-likeness (QED) is 0.328. The summed E-state index contributed by atoms with van der Waals surface area (Å²) in [4.78, 5) is 23.5. The zero-order valence-corrected chi connectivity index (χ0v) is 20.1. The third-order valence-corrected chi connectivity index (χ3v) is 7.52. The Balaban J connectivity index is 1.38. The molecule has 1 fully saturated rings. The summed E-state index contributed by atoms with van der Waals surface area (Å²) in [6, 6.07) is 19.5. The number of urea groups is 1. The van der Waals surface area contributed by atoms with Gasteiger partial charge in [0.1, 0.15) is 0 Å². The van der Waals surface area contributed by atoms with E-state index in [1.54, 1.807) is 18.4 Å². The standard InChI is InChI=1S/C28H29N3O2S/c1-29-28(33)31-14-11-19-4-2-3-18-5-8-21(15-24(18)19)22-9-10-26-25(16-22)23(17-34-26)12-13-30-27(32)20-6-7-20/h2-5,8-10,15-17,20H,6-7,11-14H2,1H3,(H,30,32)(H2,29,31,33). The number of hydrogen-bond donors (Lipinski definition) is 3. The van der Waals surface area contributed by atoms with E-state index in [1.165, 1.54) is 43.1 Å². The fourth-order valence-electron chi connectivity index (χ4n) is 4.40. The Morgan fingerprint density at radius 2 is 1.62 bits per heavy atom. The average molecular weight is 472 g/mol. The van der Waals surface area contributed by atoms with Gasteiger partial charge in [-0.15, -0.1) is 11.3 Å². The summed E-state index contributed by atoms with van der Waals surface area (Å²) in [7, 11) is 1.62. The minimum Gasteiger partial charge on any atom is -0.356 e. The average Bonchev–Trinajstić information content (AvgIpc) is 3.65. The van der Waals surface area contributed by atoms with E-state index >= 15 is 0 Å². The van der Waals surface area contributed by atoms with E-state index in [0.717, 1.165) is 25.7 Å². The predicted molar refractivity (Wildman–Crippen MR) is 140 cm³/mol. The van der Waals surface area contributed by atoms with Gasteiger partial charge < -0.3 is 16.0 Å². The molecular weight excluding hydrogens is 442 g/mol. The molecule has 34 heavy (non-hydrogen) atoms. The molecular formula is C28H29N3O2S. The molecule has 1 aliphatic carbocycles. The molecule has 4 aromatic rings. The Hall–Kier alpha value is -3.38. The summed E-state index contributed by atoms with van der Waals surface area (Å²) < 4.78 is 1.27. The van der Waals surface area contributed by atoms with Crippen LogP contribution in [0.1, 0.15) is 24.0 Å². The fraction of sp³-hybridized carbons (Fsp3) is 0.286. The highest BCUT2D eigenvalue weighted by Crippen LogP contribution is 2.33. The number of fused-ring (bicyclic) bond motifs is 2. The van der Waals surface area contributed by atoms with Crippen molar-refractivity contribution in [1.29, 1.82) is 0 Å². The van der Waals surface area contributed by atoms with Crippen LogP contribution in [0.15, 0.2) is 60.0 Å². The number of hydrogen-bond acceptors (Lipinski definition) is 3. The zero-order chi connectivity index (χ0) is 23.5. The van der Waals surface area contributed by atoms with E-state index in [0.29, 0.717) is 13.1 Å². The van der Waals surface area contributed by atoms with Gasteiger partial charge in [0.15, 0.2) is 0 Å². The summed E-state index contributed by atoms with van der Waals surface area (Å²) in [6.45, 7) is 1.28. The summed E-state index contributed by atoms with van der Waals surface area (Å²) in [5, 5.41) is 14.4. The van der Waals surface area contributed by atoms with Crippen molar-refractivity contribution in [2.75, 3.05) is 20.1 Å². The van der Waals surface area contributed by atoms with Crippen molar-refractivity contribution >= 4 is 44.1 Å². The molecule has 6 heteroatoms. The molecule has 3 aromatic carbocycles. The highest BCUT2D eigenvalue weighted by atomic mass is 32.1. The summed E-state index contributed by atoms with van der Waals surface area (Å²) >= 11 is 1.76. The second kappa shape index (κ2) is 9.85. The summed E-state index contributed by atoms with van der Waals surface area (Å²) in [5.41, 5.74) is 4.88. The van der Waals surface area contributed by atoms with Crippen molar-refractivity contribution in [1.82, 2.24) is 16.0 Å². The van der Waals surface area contributed by atoms with Gasteiger partial charge >= 0.3 is 6.03 Å². The van der Waals surface area contributed by atoms with E-state index in [4.69, 9.17) is 0 Å². The molecule has 0 radical (unpaired) electrons. The second-order valence-corrected chi connectivity index (χ2v) is 9.81. The number of rotatable bonds is 8. The predicted octanol–water partition coefficient (Wildman–Crippen LogP) is 5.26. The molecule has 1 heterocycles. The molecule has 5 nitrogen and oxygen atoms in total. The van der Waals surface area contributed by atoms with Gasteiger partial charge in [0.05, 0.1) is 0 Å². The lowest BCUT2D eigenvalue weighted by Crippen LogP contribution is -2.34. The topological polar surface area (TPSA) is 70.2 Å². The first kappa shape index (κ1) is 22.4. The Kier molecular flexibility index (Phi) is 6.50. The smallest absolute Gasteiger partial charge is 0.314 e. The molecule has 3 amide bonds. The van der Waals surface area contributed by atoms with Crippen molar-refractivity contribution in [2.45, 2.75) is 25.7 Å². The molecule has 0 spiro atoms. The van der Waals surface area contributed by atoms with Crippen LogP contribution in [0.5, 0.6) is 0 Å². The molecule has 1 aliphatic rings. The molecule has 0 saturated heterocycles. The maximum atomic E-state index is 12.0. The van der Waals surface area contributed by atoms with Crippen LogP contribution >= 0.6 is 11.3 Å². The monoisotopic (exact) mass is 471 g/mol. The highest BCUT2D eigenvalue weighted by Gasteiger charge is 2.29. The number of carbonyl (C=O) groups is 2. The normalized spacial score (nSPS) is 13.2. The van der Waals surface area contributed by atoms with Crippen molar-refractivity contribution in [2.24, 2.45) is 5.92 Å². The van der Waals surface area contributed by atoms with Crippen LogP contribution in [0, 0.1) is 5.92 Å². The van der Waals surface area contributed by atoms with Gasteiger partial charge in [0.25, 0.3) is 0 Å². The fourth-order valence-corrected chi connectivity index (χ4v) is 5.38. The SMILES string of the molecule is CNC(=O)NCCc1cccc2ccc(-c3ccc4scc(CCNC(=O)C5CC5)c4c3)cc12. The second-order valence-electron chi connectivity index (χ2n) is 8.90. The Morgan fingerprint density at radius 3 is 2.41 bits per heavy atom. The van der Waals surface area contributed by atoms with E-state index < -0.39 is 0 Å². The van der Waals surface area contributed by atoms with E-state index in [-0.39, 0.29) is 17.9 Å². The van der Waals surface area contributed by atoms with Gasteiger partial charge in [-0.2, -0.15) is 0 Å². The third kappa shape index (κ3) is 4.92. The number of benzene rings is 3. The molecule has 0 aliphatic heterocycles. The Labute approximate surface area is 203 Å². The summed E-state index contributed by atoms with van der Waals surface area (Å²) in [6.07, 6.45) is 3.69. The molecule has 0 unspecified atom stereocenters. The Morgan fingerprint density at radius 1 is 0.882 bits per heavy atom. The first-order chi connectivity index (χ1) is 16.6. The maximum absolute atomic E-state index is 12.0. The van der Waals surface area contributed by atoms with Crippen molar-refractivity contribution in [3.8, 4) is 11.1 Å². The molecule has 1 saturated carbocycles. The van der Waals surface area contributed by atoms with Crippen molar-refractivity contribution < 1.29 is 9.59 Å². The number of carbonyl (C=O) groups excluding carboxylic acids is 2. The van der Waals surface area contributed by atoms with Crippen molar-refractivity contribution in [3.63, 3.8) is 0 Å². The maximum Gasteiger partial charge on any atom is 0.314 e. The number of amides is 3. The van der Waals surface area contributed by atoms with Crippen LogP contribution < -0.4 is 16.0 Å². The summed E-state index contributed by atoms with van der Waals surface area (Å²) in [5.74, 6) is 0.459. The molecule has 0 bridgehead atoms. The minimum absolute atomic E-state index is 0.159. The van der Waals surface area contributed by atoms with Crippen molar-refractivity contribution in [3.05, 3.63) is 71.1 Å². The molecule has 0 atom stereocenters. The van der Waals surface area contributed by atoms with Gasteiger partial charge in [-0.25, -0.2) is 4.79 Å². The molecule has 5 rings (SSSR count). The lowest BCUT2D eigenvalue weighted by atomic mass is 9.96. The van der Waals surface area contributed by atoms with Gasteiger partial charge in [-0.3, -0.25) is 4.79 Å². The highest BCUT2D eigenvalue weighted by molar-refractivity contribution is 7.17. The number of nitrogens with one attached hydrogen (secondary N) is 3. The van der Waals surface area contributed by atoms with Gasteiger partial charge in [0, 0.05) is 30.8 Å². The minimum atomic E-state index is -0.159. The Bertz CT molecular complexity index is 1360. The van der Waals surface area contributed by atoms with E-state index in [2.05, 4.69) is 75.9 Å². The zero-order valence-electron chi connectivity index (χ0n) is 19.3. The van der Waals surface area contributed by atoms with Gasteiger partial charge in [0.2, 0.25) is 5.91 Å². The lowest BCUT2D eigenvalue weighted by Gasteiger charge is -2.11. The van der Waals surface area contributed by atoms with Crippen LogP contribution in [0.25, 0.3) is 32.0 Å². The van der Waals surface area contributed by atoms with Crippen LogP contribution in [0.2, 0.25) is 0 Å². The molecule has 1 aromatic heterocycles. The largest absolute Gasteiger partial charge is 0.356 e. The first-order valence-electron chi connectivity index (χ1n) is 11.9. The van der Waals surface area contributed by atoms with E-state index in [9.17, 15) is 9.59 Å². The first-order valence-corrected chi connectivity index (χ1v) is 12.8. The third-order valence-electron chi connectivity index (χ3n) is 6.51.